The van der Waals surface area contributed by atoms with Gasteiger partial charge in [-0.05, 0) is 170 Å². The van der Waals surface area contributed by atoms with Crippen LogP contribution in [0, 0.1) is 0 Å². The van der Waals surface area contributed by atoms with Crippen molar-refractivity contribution in [1.82, 2.24) is 4.90 Å². The molecule has 9 rings (SSSR count). The molecule has 0 heterocycles. The van der Waals surface area contributed by atoms with Crippen LogP contribution in [0.1, 0.15) is 88.8 Å². The summed E-state index contributed by atoms with van der Waals surface area (Å²) in [6.07, 6.45) is 33.3. The van der Waals surface area contributed by atoms with Gasteiger partial charge in [-0.3, -0.25) is 0 Å². The molecule has 0 radical (unpaired) electrons. The van der Waals surface area contributed by atoms with Gasteiger partial charge in [0, 0.05) is 76.5 Å². The minimum atomic E-state index is 0.313. The molecule has 7 aromatic carbocycles. The molecule has 0 saturated heterocycles. The van der Waals surface area contributed by atoms with Gasteiger partial charge in [0.15, 0.2) is 0 Å². The van der Waals surface area contributed by atoms with Crippen LogP contribution in [-0.4, -0.2) is 11.4 Å². The second-order valence-electron chi connectivity index (χ2n) is 21.2. The smallest absolute Gasteiger partial charge is 0.0915 e. The summed E-state index contributed by atoms with van der Waals surface area (Å²) < 4.78 is 0. The highest BCUT2D eigenvalue weighted by atomic mass is 15.2. The highest BCUT2D eigenvalue weighted by Gasteiger charge is 2.26. The number of rotatable bonds is 26. The van der Waals surface area contributed by atoms with Crippen LogP contribution in [0.25, 0.3) is 27.8 Å². The fourth-order valence-electron chi connectivity index (χ4n) is 11.3. The molecule has 0 N–H and O–H groups in total. The van der Waals surface area contributed by atoms with E-state index < -0.39 is 0 Å². The maximum atomic E-state index is 4.64. The Morgan fingerprint density at radius 3 is 1.93 bits per heavy atom. The van der Waals surface area contributed by atoms with E-state index in [2.05, 4.69) is 328 Å². The predicted molar refractivity (Wildman–Crippen MR) is 363 cm³/mol. The summed E-state index contributed by atoms with van der Waals surface area (Å²) in [6, 6.07) is 66.0. The van der Waals surface area contributed by atoms with Crippen molar-refractivity contribution in [3.8, 4) is 22.3 Å². The first-order valence-electron chi connectivity index (χ1n) is 29.7. The zero-order valence-electron chi connectivity index (χ0n) is 49.7. The van der Waals surface area contributed by atoms with Crippen molar-refractivity contribution in [2.24, 2.45) is 0 Å². The van der Waals surface area contributed by atoms with Crippen LogP contribution in [0.15, 0.2) is 327 Å². The van der Waals surface area contributed by atoms with Gasteiger partial charge in [0.2, 0.25) is 0 Å². The molecule has 7 aromatic rings. The average molecular weight is 1100 g/mol. The summed E-state index contributed by atoms with van der Waals surface area (Å²) in [4.78, 5) is 9.51. The van der Waals surface area contributed by atoms with E-state index in [9.17, 15) is 0 Å². The number of hydrogen-bond donors (Lipinski definition) is 0. The SMILES string of the molecule is C=CCC(=C)N(Cc1ccccc1)C1=C=C(N(c2ccc(-c3ccc(N(C4=CC=CC(c5ccccc5)CC4)c4ccc(N(CC=C)/C(=C/C=C\C)CC)c(C(=C)/C=C\C)c4)cc3)cc2)c2cccc(-c3ccccc3)c2)C=C1CC/C=C\C. The van der Waals surface area contributed by atoms with E-state index in [1.165, 1.54) is 33.7 Å². The molecule has 84 heavy (non-hydrogen) atoms. The van der Waals surface area contributed by atoms with Gasteiger partial charge >= 0.3 is 0 Å². The lowest BCUT2D eigenvalue weighted by atomic mass is 9.94. The Hall–Kier alpha value is -9.60. The van der Waals surface area contributed by atoms with Crippen molar-refractivity contribution in [2.75, 3.05) is 21.2 Å². The molecule has 0 amide bonds. The van der Waals surface area contributed by atoms with Crippen molar-refractivity contribution >= 4 is 34.0 Å². The summed E-state index contributed by atoms with van der Waals surface area (Å²) in [5, 5.41) is 0. The highest BCUT2D eigenvalue weighted by molar-refractivity contribution is 5.87. The quantitative estimate of drug-likeness (QED) is 0.0304. The summed E-state index contributed by atoms with van der Waals surface area (Å²) in [5.74, 6) is 0.313. The van der Waals surface area contributed by atoms with E-state index in [4.69, 9.17) is 0 Å². The maximum absolute atomic E-state index is 4.64. The minimum Gasteiger partial charge on any atom is -0.341 e. The zero-order chi connectivity index (χ0) is 58.6. The van der Waals surface area contributed by atoms with Crippen LogP contribution in [0.4, 0.5) is 28.4 Å². The van der Waals surface area contributed by atoms with Crippen LogP contribution >= 0.6 is 0 Å². The average Bonchev–Trinajstić information content (AvgIpc) is 3.78. The van der Waals surface area contributed by atoms with E-state index in [0.29, 0.717) is 25.4 Å². The third-order valence-corrected chi connectivity index (χ3v) is 15.5. The lowest BCUT2D eigenvalue weighted by molar-refractivity contribution is 0.420. The minimum absolute atomic E-state index is 0.313. The first-order valence-corrected chi connectivity index (χ1v) is 29.7. The number of allylic oxidation sites excluding steroid dienone is 15. The Bertz CT molecular complexity index is 3710. The zero-order valence-corrected chi connectivity index (χ0v) is 49.7. The van der Waals surface area contributed by atoms with Crippen LogP contribution < -0.4 is 14.7 Å². The van der Waals surface area contributed by atoms with Crippen molar-refractivity contribution < 1.29 is 0 Å². The molecule has 0 spiro atoms. The van der Waals surface area contributed by atoms with Crippen molar-refractivity contribution in [1.29, 1.82) is 0 Å². The first-order chi connectivity index (χ1) is 41.2. The molecule has 0 aromatic heterocycles. The number of anilines is 5. The predicted octanol–water partition coefficient (Wildman–Crippen LogP) is 22.0. The molecule has 0 aliphatic heterocycles. The number of nitrogens with zero attached hydrogens (tertiary/aromatic N) is 4. The van der Waals surface area contributed by atoms with Gasteiger partial charge in [0.25, 0.3) is 0 Å². The highest BCUT2D eigenvalue weighted by Crippen LogP contribution is 2.43. The van der Waals surface area contributed by atoms with E-state index in [1.807, 2.05) is 12.2 Å². The van der Waals surface area contributed by atoms with Crippen molar-refractivity contribution in [2.45, 2.75) is 78.7 Å². The van der Waals surface area contributed by atoms with E-state index in [1.54, 1.807) is 0 Å². The van der Waals surface area contributed by atoms with Gasteiger partial charge in [-0.2, -0.15) is 0 Å². The van der Waals surface area contributed by atoms with E-state index in [0.717, 1.165) is 105 Å². The van der Waals surface area contributed by atoms with Crippen LogP contribution in [0.3, 0.4) is 0 Å². The van der Waals surface area contributed by atoms with Gasteiger partial charge in [0.05, 0.1) is 11.4 Å². The van der Waals surface area contributed by atoms with Gasteiger partial charge in [-0.15, -0.1) is 13.2 Å². The van der Waals surface area contributed by atoms with Gasteiger partial charge < -0.3 is 19.6 Å². The Balaban J connectivity index is 1.12. The third-order valence-electron chi connectivity index (χ3n) is 15.5. The van der Waals surface area contributed by atoms with Crippen molar-refractivity contribution in [3.63, 3.8) is 0 Å². The topological polar surface area (TPSA) is 13.0 Å². The van der Waals surface area contributed by atoms with E-state index >= 15 is 0 Å². The Morgan fingerprint density at radius 2 is 1.27 bits per heavy atom. The Labute approximate surface area is 502 Å². The second-order valence-corrected chi connectivity index (χ2v) is 21.2. The molecule has 2 aliphatic rings. The maximum Gasteiger partial charge on any atom is 0.0915 e. The molecule has 1 unspecified atom stereocenters. The van der Waals surface area contributed by atoms with E-state index in [-0.39, 0.29) is 0 Å². The second kappa shape index (κ2) is 29.4. The fourth-order valence-corrected chi connectivity index (χ4v) is 11.3. The monoisotopic (exact) mass is 1100 g/mol. The van der Waals surface area contributed by atoms with Crippen LogP contribution in [0.2, 0.25) is 0 Å². The molecule has 0 fully saturated rings. The van der Waals surface area contributed by atoms with Crippen LogP contribution in [0.5, 0.6) is 0 Å². The molecule has 4 nitrogen and oxygen atoms in total. The van der Waals surface area contributed by atoms with Gasteiger partial charge in [0.1, 0.15) is 0 Å². The molecular formula is C80H80N4. The third kappa shape index (κ3) is 14.3. The van der Waals surface area contributed by atoms with Gasteiger partial charge in [-0.25, -0.2) is 0 Å². The summed E-state index contributed by atoms with van der Waals surface area (Å²) >= 11 is 0. The summed E-state index contributed by atoms with van der Waals surface area (Å²) in [5.41, 5.74) is 25.1. The van der Waals surface area contributed by atoms with Gasteiger partial charge in [-0.1, -0.05) is 214 Å². The molecular weight excluding hydrogens is 1020 g/mol. The summed E-state index contributed by atoms with van der Waals surface area (Å²) in [6.45, 7) is 27.3. The lowest BCUT2D eigenvalue weighted by Gasteiger charge is -2.32. The normalized spacial score (nSPS) is 14.2. The Morgan fingerprint density at radius 1 is 0.631 bits per heavy atom. The standard InChI is InChI=1S/C80H80N4/c1-9-15-20-37-70-57-77(59-80(70)82(62(8)30-12-4)60-63-31-21-17-22-32-63)84(75-42-28-39-69(56-75)65-35-25-19-26-36-65)74-51-46-68(47-52-74)67-44-49-73(50-45-67)83(72-41-27-38-66(43-48-72)64-33-23-18-24-34-64)76-53-54-79(78(58-76)61(7)29-11-3)81(55-13-5)71(14-6)40-16-10-2/h9-13,15-19,21-29,31-36,38-42,44-47,49-54,56-58,66H,4-5,7-8,14,20,30,37,43,48,55,60H2,1-3,6H3/b15-9-,16-10-,29-11-,71-40+. The molecule has 4 heteroatoms. The van der Waals surface area contributed by atoms with Crippen LogP contribution in [-0.2, 0) is 6.54 Å². The molecule has 0 saturated carbocycles. The lowest BCUT2D eigenvalue weighted by Crippen LogP contribution is -2.24. The molecule has 0 bridgehead atoms. The van der Waals surface area contributed by atoms with Crippen molar-refractivity contribution in [3.05, 3.63) is 344 Å². The first kappa shape index (κ1) is 59.0. The summed E-state index contributed by atoms with van der Waals surface area (Å²) in [7, 11) is 0. The number of benzene rings is 7. The number of hydrogen-bond acceptors (Lipinski definition) is 4. The molecule has 1 atom stereocenters. The Kier molecular flexibility index (Phi) is 20.7. The molecule has 420 valence electrons. The fraction of sp³-hybridized carbons (Fsp3) is 0.163. The molecule has 2 aliphatic carbocycles. The largest absolute Gasteiger partial charge is 0.341 e.